The molecule has 2 rings (SSSR count). The summed E-state index contributed by atoms with van der Waals surface area (Å²) in [7, 11) is 0. The lowest BCUT2D eigenvalue weighted by Gasteiger charge is -2.23. The zero-order valence-corrected chi connectivity index (χ0v) is 9.72. The number of hydrogen-bond donors (Lipinski definition) is 1. The summed E-state index contributed by atoms with van der Waals surface area (Å²) in [4.78, 5) is 13.3. The minimum absolute atomic E-state index is 0.246. The number of rotatable bonds is 1. The summed E-state index contributed by atoms with van der Waals surface area (Å²) in [6.07, 6.45) is 5.13. The molecular weight excluding hydrogens is 194 g/mol. The van der Waals surface area contributed by atoms with Crippen molar-refractivity contribution in [1.82, 2.24) is 4.90 Å². The van der Waals surface area contributed by atoms with Gasteiger partial charge in [0.1, 0.15) is 0 Å². The third-order valence-electron chi connectivity index (χ3n) is 3.95. The van der Waals surface area contributed by atoms with Gasteiger partial charge >= 0.3 is 0 Å². The highest BCUT2D eigenvalue weighted by molar-refractivity contribution is 7.80. The molecule has 2 atom stereocenters. The zero-order chi connectivity index (χ0) is 10.2. The van der Waals surface area contributed by atoms with Crippen molar-refractivity contribution in [3.63, 3.8) is 0 Å². The van der Waals surface area contributed by atoms with Gasteiger partial charge in [-0.1, -0.05) is 0 Å². The molecule has 1 amide bonds. The summed E-state index contributed by atoms with van der Waals surface area (Å²) in [6.45, 7) is 3.67. The molecule has 0 aromatic carbocycles. The molecule has 1 spiro atoms. The van der Waals surface area contributed by atoms with E-state index in [1.807, 2.05) is 4.90 Å². The second kappa shape index (κ2) is 3.76. The Balaban J connectivity index is 1.97. The third-order valence-corrected chi connectivity index (χ3v) is 4.46. The maximum atomic E-state index is 11.2. The molecule has 1 heterocycles. The first kappa shape index (κ1) is 10.3. The van der Waals surface area contributed by atoms with Gasteiger partial charge in [0.2, 0.25) is 5.91 Å². The van der Waals surface area contributed by atoms with Gasteiger partial charge in [-0.3, -0.25) is 4.79 Å². The van der Waals surface area contributed by atoms with Crippen molar-refractivity contribution in [2.75, 3.05) is 18.8 Å². The van der Waals surface area contributed by atoms with Crippen molar-refractivity contribution in [3.8, 4) is 0 Å². The van der Waals surface area contributed by atoms with Crippen LogP contribution in [0.2, 0.25) is 0 Å². The minimum atomic E-state index is 0.246. The van der Waals surface area contributed by atoms with Gasteiger partial charge in [-0.15, -0.1) is 0 Å². The van der Waals surface area contributed by atoms with Gasteiger partial charge in [-0.2, -0.15) is 12.6 Å². The lowest BCUT2D eigenvalue weighted by atomic mass is 9.85. The summed E-state index contributed by atoms with van der Waals surface area (Å²) < 4.78 is 0. The van der Waals surface area contributed by atoms with Crippen LogP contribution in [0, 0.1) is 11.3 Å². The van der Waals surface area contributed by atoms with Crippen LogP contribution in [0.3, 0.4) is 0 Å². The number of hydrogen-bond acceptors (Lipinski definition) is 2. The van der Waals surface area contributed by atoms with Crippen molar-refractivity contribution in [2.24, 2.45) is 11.3 Å². The molecule has 0 unspecified atom stereocenters. The van der Waals surface area contributed by atoms with E-state index in [0.29, 0.717) is 5.41 Å². The van der Waals surface area contributed by atoms with Crippen LogP contribution in [0.5, 0.6) is 0 Å². The highest BCUT2D eigenvalue weighted by Crippen LogP contribution is 2.48. The highest BCUT2D eigenvalue weighted by atomic mass is 32.1. The summed E-state index contributed by atoms with van der Waals surface area (Å²) in [6, 6.07) is 0. The SMILES string of the molecule is CC(=O)N1CC[C@]2(CC[C@@H](CS)C2)C1. The number of thiol groups is 1. The molecule has 0 bridgehead atoms. The van der Waals surface area contributed by atoms with Crippen LogP contribution in [-0.4, -0.2) is 29.6 Å². The van der Waals surface area contributed by atoms with E-state index < -0.39 is 0 Å². The number of amides is 1. The molecule has 2 aliphatic rings. The summed E-state index contributed by atoms with van der Waals surface area (Å²) in [5.74, 6) is 2.06. The molecule has 2 nitrogen and oxygen atoms in total. The Morgan fingerprint density at radius 1 is 1.57 bits per heavy atom. The van der Waals surface area contributed by atoms with E-state index in [-0.39, 0.29) is 5.91 Å². The molecule has 0 aromatic heterocycles. The molecule has 1 aliphatic heterocycles. The second-order valence-corrected chi connectivity index (χ2v) is 5.35. The van der Waals surface area contributed by atoms with Crippen LogP contribution in [0.4, 0.5) is 0 Å². The van der Waals surface area contributed by atoms with Gasteiger partial charge in [0.15, 0.2) is 0 Å². The molecule has 2 fully saturated rings. The molecule has 1 aliphatic carbocycles. The highest BCUT2D eigenvalue weighted by Gasteiger charge is 2.44. The van der Waals surface area contributed by atoms with Crippen LogP contribution in [-0.2, 0) is 4.79 Å². The smallest absolute Gasteiger partial charge is 0.219 e. The fourth-order valence-corrected chi connectivity index (χ4v) is 3.37. The maximum absolute atomic E-state index is 11.2. The van der Waals surface area contributed by atoms with Gasteiger partial charge in [0.25, 0.3) is 0 Å². The van der Waals surface area contributed by atoms with Gasteiger partial charge < -0.3 is 4.90 Å². The molecule has 3 heteroatoms. The first-order valence-electron chi connectivity index (χ1n) is 5.52. The lowest BCUT2D eigenvalue weighted by molar-refractivity contribution is -0.128. The monoisotopic (exact) mass is 213 g/mol. The van der Waals surface area contributed by atoms with Crippen LogP contribution in [0.25, 0.3) is 0 Å². The standard InChI is InChI=1S/C11H19NOS/c1-9(13)12-5-4-11(8-12)3-2-10(6-11)7-14/h10,14H,2-8H2,1H3/t10-,11+/m1/s1. The van der Waals surface area contributed by atoms with Crippen LogP contribution in [0.1, 0.15) is 32.6 Å². The average molecular weight is 213 g/mol. The Kier molecular flexibility index (Phi) is 2.78. The second-order valence-electron chi connectivity index (χ2n) is 4.98. The van der Waals surface area contributed by atoms with E-state index in [4.69, 9.17) is 0 Å². The van der Waals surface area contributed by atoms with Gasteiger partial charge in [-0.05, 0) is 42.8 Å². The summed E-state index contributed by atoms with van der Waals surface area (Å²) in [5, 5.41) is 0. The van der Waals surface area contributed by atoms with Crippen LogP contribution >= 0.6 is 12.6 Å². The molecule has 80 valence electrons. The van der Waals surface area contributed by atoms with E-state index in [0.717, 1.165) is 24.8 Å². The molecule has 14 heavy (non-hydrogen) atoms. The fraction of sp³-hybridized carbons (Fsp3) is 0.909. The van der Waals surface area contributed by atoms with E-state index in [1.165, 1.54) is 25.7 Å². The van der Waals surface area contributed by atoms with Crippen LogP contribution in [0.15, 0.2) is 0 Å². The summed E-state index contributed by atoms with van der Waals surface area (Å²) in [5.41, 5.74) is 0.471. The van der Waals surface area contributed by atoms with Crippen molar-refractivity contribution >= 4 is 18.5 Å². The van der Waals surface area contributed by atoms with E-state index >= 15 is 0 Å². The maximum Gasteiger partial charge on any atom is 0.219 e. The molecule has 0 radical (unpaired) electrons. The Bertz CT molecular complexity index is 243. The van der Waals surface area contributed by atoms with Crippen molar-refractivity contribution in [3.05, 3.63) is 0 Å². The van der Waals surface area contributed by atoms with E-state index in [1.54, 1.807) is 6.92 Å². The first-order valence-corrected chi connectivity index (χ1v) is 6.15. The predicted octanol–water partition coefficient (Wildman–Crippen LogP) is 1.95. The average Bonchev–Trinajstić information content (AvgIpc) is 2.74. The molecule has 0 aromatic rings. The molecule has 0 N–H and O–H groups in total. The Hall–Kier alpha value is -0.180. The normalized spacial score (nSPS) is 37.0. The van der Waals surface area contributed by atoms with Gasteiger partial charge in [0, 0.05) is 20.0 Å². The number of likely N-dealkylation sites (tertiary alicyclic amines) is 1. The number of nitrogens with zero attached hydrogens (tertiary/aromatic N) is 1. The minimum Gasteiger partial charge on any atom is -0.342 e. The van der Waals surface area contributed by atoms with Crippen molar-refractivity contribution in [1.29, 1.82) is 0 Å². The Labute approximate surface area is 91.5 Å². The fourth-order valence-electron chi connectivity index (χ4n) is 3.06. The Morgan fingerprint density at radius 2 is 2.36 bits per heavy atom. The largest absolute Gasteiger partial charge is 0.342 e. The number of carbonyl (C=O) groups is 1. The first-order chi connectivity index (χ1) is 6.65. The molecular formula is C11H19NOS. The summed E-state index contributed by atoms with van der Waals surface area (Å²) >= 11 is 4.37. The topological polar surface area (TPSA) is 20.3 Å². The van der Waals surface area contributed by atoms with Crippen molar-refractivity contribution < 1.29 is 4.79 Å². The van der Waals surface area contributed by atoms with Gasteiger partial charge in [-0.25, -0.2) is 0 Å². The van der Waals surface area contributed by atoms with Crippen LogP contribution < -0.4 is 0 Å². The van der Waals surface area contributed by atoms with E-state index in [2.05, 4.69) is 12.6 Å². The van der Waals surface area contributed by atoms with Gasteiger partial charge in [0.05, 0.1) is 0 Å². The van der Waals surface area contributed by atoms with Crippen molar-refractivity contribution in [2.45, 2.75) is 32.6 Å². The molecule has 1 saturated heterocycles. The van der Waals surface area contributed by atoms with E-state index in [9.17, 15) is 4.79 Å². The quantitative estimate of drug-likeness (QED) is 0.660. The molecule has 1 saturated carbocycles. The zero-order valence-electron chi connectivity index (χ0n) is 8.83. The third kappa shape index (κ3) is 1.79. The Morgan fingerprint density at radius 3 is 2.86 bits per heavy atom. The lowest BCUT2D eigenvalue weighted by Crippen LogP contribution is -2.29. The number of carbonyl (C=O) groups excluding carboxylic acids is 1. The predicted molar refractivity (Wildman–Crippen MR) is 60.5 cm³/mol.